The maximum absolute atomic E-state index is 10.8. The van der Waals surface area contributed by atoms with Crippen molar-refractivity contribution in [3.05, 3.63) is 34.3 Å². The normalized spacial score (nSPS) is 14.3. The van der Waals surface area contributed by atoms with E-state index in [0.29, 0.717) is 16.1 Å². The van der Waals surface area contributed by atoms with E-state index in [0.717, 1.165) is 11.8 Å². The van der Waals surface area contributed by atoms with Crippen molar-refractivity contribution < 1.29 is 20.1 Å². The van der Waals surface area contributed by atoms with Crippen LogP contribution in [0.1, 0.15) is 24.2 Å². The fourth-order valence-corrected chi connectivity index (χ4v) is 2.24. The summed E-state index contributed by atoms with van der Waals surface area (Å²) in [5.41, 5.74) is 0.944. The van der Waals surface area contributed by atoms with Crippen LogP contribution in [0.15, 0.2) is 18.2 Å². The minimum absolute atomic E-state index is 0.0934. The SMILES string of the molecule is CC(=O)SCC(O)C(O)c1cc(CO)ccc1Cl. The summed E-state index contributed by atoms with van der Waals surface area (Å²) in [4.78, 5) is 10.8. The molecule has 3 N–H and O–H groups in total. The lowest BCUT2D eigenvalue weighted by Gasteiger charge is -2.19. The predicted octanol–water partition coefficient (Wildman–Crippen LogP) is 1.51. The van der Waals surface area contributed by atoms with E-state index in [2.05, 4.69) is 0 Å². The number of aliphatic hydroxyl groups excluding tert-OH is 3. The number of benzene rings is 1. The summed E-state index contributed by atoms with van der Waals surface area (Å²) in [6.07, 6.45) is -2.28. The number of carbonyl (C=O) groups excluding carboxylic acids is 1. The van der Waals surface area contributed by atoms with Crippen molar-refractivity contribution in [2.75, 3.05) is 5.75 Å². The second-order valence-corrected chi connectivity index (χ2v) is 5.43. The van der Waals surface area contributed by atoms with Gasteiger partial charge in [-0.15, -0.1) is 0 Å². The van der Waals surface area contributed by atoms with Gasteiger partial charge in [-0.3, -0.25) is 4.79 Å². The van der Waals surface area contributed by atoms with Crippen molar-refractivity contribution in [1.29, 1.82) is 0 Å². The standard InChI is InChI=1S/C12H15ClO4S/c1-7(15)18-6-11(16)12(17)9-4-8(5-14)2-3-10(9)13/h2-4,11-12,14,16-17H,5-6H2,1H3. The van der Waals surface area contributed by atoms with Crippen molar-refractivity contribution in [3.8, 4) is 0 Å². The van der Waals surface area contributed by atoms with Gasteiger partial charge in [0.1, 0.15) is 6.10 Å². The van der Waals surface area contributed by atoms with Crippen LogP contribution < -0.4 is 0 Å². The second-order valence-electron chi connectivity index (χ2n) is 3.83. The molecule has 0 spiro atoms. The Balaban J connectivity index is 2.81. The van der Waals surface area contributed by atoms with Gasteiger partial charge < -0.3 is 15.3 Å². The van der Waals surface area contributed by atoms with Crippen LogP contribution in [0.3, 0.4) is 0 Å². The largest absolute Gasteiger partial charge is 0.392 e. The van der Waals surface area contributed by atoms with E-state index in [9.17, 15) is 15.0 Å². The Morgan fingerprint density at radius 3 is 2.67 bits per heavy atom. The first-order valence-electron chi connectivity index (χ1n) is 5.34. The highest BCUT2D eigenvalue weighted by Crippen LogP contribution is 2.28. The fraction of sp³-hybridized carbons (Fsp3) is 0.417. The maximum Gasteiger partial charge on any atom is 0.185 e. The monoisotopic (exact) mass is 290 g/mol. The summed E-state index contributed by atoms with van der Waals surface area (Å²) in [6, 6.07) is 4.72. The van der Waals surface area contributed by atoms with Gasteiger partial charge in [0.25, 0.3) is 0 Å². The summed E-state index contributed by atoms with van der Waals surface area (Å²) in [6.45, 7) is 1.22. The molecular weight excluding hydrogens is 276 g/mol. The molecule has 100 valence electrons. The number of hydrogen-bond donors (Lipinski definition) is 3. The van der Waals surface area contributed by atoms with E-state index in [1.54, 1.807) is 12.1 Å². The number of hydrogen-bond acceptors (Lipinski definition) is 5. The average molecular weight is 291 g/mol. The number of thioether (sulfide) groups is 1. The molecule has 0 saturated heterocycles. The van der Waals surface area contributed by atoms with E-state index in [4.69, 9.17) is 16.7 Å². The quantitative estimate of drug-likeness (QED) is 0.766. The van der Waals surface area contributed by atoms with Gasteiger partial charge in [0.15, 0.2) is 5.12 Å². The van der Waals surface area contributed by atoms with Gasteiger partial charge in [0, 0.05) is 23.3 Å². The molecule has 2 unspecified atom stereocenters. The molecule has 1 rings (SSSR count). The Morgan fingerprint density at radius 2 is 2.11 bits per heavy atom. The first kappa shape index (κ1) is 15.5. The van der Waals surface area contributed by atoms with Crippen molar-refractivity contribution in [1.82, 2.24) is 0 Å². The highest BCUT2D eigenvalue weighted by Gasteiger charge is 2.21. The van der Waals surface area contributed by atoms with Crippen molar-refractivity contribution in [2.24, 2.45) is 0 Å². The Hall–Kier alpha value is -0.590. The van der Waals surface area contributed by atoms with Gasteiger partial charge in [-0.25, -0.2) is 0 Å². The molecule has 0 aromatic heterocycles. The molecule has 0 saturated carbocycles. The molecule has 2 atom stereocenters. The molecule has 0 radical (unpaired) electrons. The molecule has 1 aromatic carbocycles. The lowest BCUT2D eigenvalue weighted by atomic mass is 10.0. The molecule has 18 heavy (non-hydrogen) atoms. The summed E-state index contributed by atoms with van der Waals surface area (Å²) >= 11 is 6.87. The minimum atomic E-state index is -1.18. The third-order valence-corrected chi connectivity index (χ3v) is 3.64. The summed E-state index contributed by atoms with van der Waals surface area (Å²) in [5.74, 6) is 0.0934. The molecule has 0 amide bonds. The highest BCUT2D eigenvalue weighted by atomic mass is 35.5. The highest BCUT2D eigenvalue weighted by molar-refractivity contribution is 8.13. The molecule has 6 heteroatoms. The Morgan fingerprint density at radius 1 is 1.44 bits per heavy atom. The number of halogens is 1. The van der Waals surface area contributed by atoms with Crippen LogP contribution in [0, 0.1) is 0 Å². The average Bonchev–Trinajstić information content (AvgIpc) is 2.35. The third-order valence-electron chi connectivity index (χ3n) is 2.38. The predicted molar refractivity (Wildman–Crippen MR) is 71.5 cm³/mol. The molecule has 0 fully saturated rings. The minimum Gasteiger partial charge on any atom is -0.392 e. The topological polar surface area (TPSA) is 77.8 Å². The third kappa shape index (κ3) is 4.26. The van der Waals surface area contributed by atoms with E-state index in [1.807, 2.05) is 0 Å². The molecule has 1 aromatic rings. The van der Waals surface area contributed by atoms with Gasteiger partial charge in [-0.2, -0.15) is 0 Å². The fourth-order valence-electron chi connectivity index (χ4n) is 1.42. The number of aliphatic hydroxyl groups is 3. The summed E-state index contributed by atoms with van der Waals surface area (Å²) in [5, 5.41) is 28.9. The lowest BCUT2D eigenvalue weighted by Crippen LogP contribution is -2.21. The summed E-state index contributed by atoms with van der Waals surface area (Å²) < 4.78 is 0. The molecule has 0 heterocycles. The van der Waals surface area contributed by atoms with Crippen LogP contribution in [0.2, 0.25) is 5.02 Å². The van der Waals surface area contributed by atoms with Gasteiger partial charge in [0.05, 0.1) is 12.7 Å². The molecule has 4 nitrogen and oxygen atoms in total. The second kappa shape index (κ2) is 7.11. The molecule has 0 bridgehead atoms. The number of rotatable bonds is 5. The van der Waals surface area contributed by atoms with Gasteiger partial charge in [-0.05, 0) is 17.7 Å². The van der Waals surface area contributed by atoms with E-state index >= 15 is 0 Å². The van der Waals surface area contributed by atoms with Crippen LogP contribution in [-0.2, 0) is 11.4 Å². The van der Waals surface area contributed by atoms with Crippen LogP contribution in [0.4, 0.5) is 0 Å². The number of carbonyl (C=O) groups is 1. The van der Waals surface area contributed by atoms with Crippen LogP contribution in [0.5, 0.6) is 0 Å². The van der Waals surface area contributed by atoms with Crippen LogP contribution in [0.25, 0.3) is 0 Å². The maximum atomic E-state index is 10.8. The first-order valence-corrected chi connectivity index (χ1v) is 6.70. The van der Waals surface area contributed by atoms with E-state index < -0.39 is 12.2 Å². The summed E-state index contributed by atoms with van der Waals surface area (Å²) in [7, 11) is 0. The Labute approximate surface area is 115 Å². The molecular formula is C12H15ClO4S. The van der Waals surface area contributed by atoms with Crippen LogP contribution >= 0.6 is 23.4 Å². The molecule has 0 aliphatic heterocycles. The zero-order chi connectivity index (χ0) is 13.7. The van der Waals surface area contributed by atoms with Gasteiger partial charge >= 0.3 is 0 Å². The first-order chi connectivity index (χ1) is 8.45. The lowest BCUT2D eigenvalue weighted by molar-refractivity contribution is -0.109. The zero-order valence-corrected chi connectivity index (χ0v) is 11.4. The smallest absolute Gasteiger partial charge is 0.185 e. The zero-order valence-electron chi connectivity index (χ0n) is 9.84. The van der Waals surface area contributed by atoms with Gasteiger partial charge in [0.2, 0.25) is 0 Å². The Kier molecular flexibility index (Phi) is 6.11. The molecule has 0 aliphatic carbocycles. The van der Waals surface area contributed by atoms with Crippen molar-refractivity contribution >= 4 is 28.5 Å². The molecule has 0 aliphatic rings. The van der Waals surface area contributed by atoms with Gasteiger partial charge in [-0.1, -0.05) is 29.4 Å². The van der Waals surface area contributed by atoms with Crippen LogP contribution in [-0.4, -0.2) is 32.3 Å². The van der Waals surface area contributed by atoms with Crippen molar-refractivity contribution in [2.45, 2.75) is 25.7 Å². The van der Waals surface area contributed by atoms with E-state index in [-0.39, 0.29) is 17.5 Å². The Bertz CT molecular complexity index is 425. The van der Waals surface area contributed by atoms with Crippen molar-refractivity contribution in [3.63, 3.8) is 0 Å². The van der Waals surface area contributed by atoms with E-state index in [1.165, 1.54) is 13.0 Å².